The second-order valence-electron chi connectivity index (χ2n) is 3.48. The summed E-state index contributed by atoms with van der Waals surface area (Å²) in [5, 5.41) is 0.0949. The van der Waals surface area contributed by atoms with Gasteiger partial charge in [-0.05, 0) is 0 Å². The van der Waals surface area contributed by atoms with Crippen LogP contribution >= 0.6 is 11.6 Å². The van der Waals surface area contributed by atoms with E-state index >= 15 is 0 Å². The molecule has 0 aliphatic carbocycles. The first-order chi connectivity index (χ1) is 4.93. The zero-order valence-corrected chi connectivity index (χ0v) is 7.50. The molecule has 0 aliphatic heterocycles. The van der Waals surface area contributed by atoms with Crippen LogP contribution < -0.4 is 0 Å². The number of halogens is 2. The third-order valence-electron chi connectivity index (χ3n) is 1.37. The smallest absolute Gasteiger partial charge is 0.180 e. The molecule has 3 heteroatoms. The lowest BCUT2D eigenvalue weighted by atomic mass is 9.93. The highest BCUT2D eigenvalue weighted by Crippen LogP contribution is 2.32. The number of hydrogen-bond donors (Lipinski definition) is 0. The Labute approximate surface area is 70.2 Å². The average Bonchev–Trinajstić information content (AvgIpc) is 2.11. The van der Waals surface area contributed by atoms with E-state index in [4.69, 9.17) is 16.0 Å². The summed E-state index contributed by atoms with van der Waals surface area (Å²) in [7, 11) is 0. The molecule has 0 unspecified atom stereocenters. The van der Waals surface area contributed by atoms with Crippen LogP contribution in [-0.2, 0) is 5.41 Å². The number of furan rings is 1. The SMILES string of the molecule is CC(C)(C)c1occ(F)c1Cl. The Bertz CT molecular complexity index is 260. The van der Waals surface area contributed by atoms with Gasteiger partial charge in [-0.2, -0.15) is 0 Å². The van der Waals surface area contributed by atoms with Gasteiger partial charge >= 0.3 is 0 Å². The van der Waals surface area contributed by atoms with Crippen molar-refractivity contribution in [2.24, 2.45) is 0 Å². The Balaban J connectivity index is 3.15. The molecular formula is C8H10ClFO. The van der Waals surface area contributed by atoms with Crippen molar-refractivity contribution in [2.75, 3.05) is 0 Å². The molecule has 0 fully saturated rings. The minimum Gasteiger partial charge on any atom is -0.464 e. The van der Waals surface area contributed by atoms with E-state index in [0.717, 1.165) is 6.26 Å². The van der Waals surface area contributed by atoms with Crippen molar-refractivity contribution in [3.8, 4) is 0 Å². The molecule has 1 heterocycles. The van der Waals surface area contributed by atoms with Gasteiger partial charge in [0.25, 0.3) is 0 Å². The monoisotopic (exact) mass is 176 g/mol. The molecule has 0 aromatic carbocycles. The predicted octanol–water partition coefficient (Wildman–Crippen LogP) is 3.37. The topological polar surface area (TPSA) is 13.1 Å². The third-order valence-corrected chi connectivity index (χ3v) is 1.72. The molecule has 0 bridgehead atoms. The van der Waals surface area contributed by atoms with Gasteiger partial charge in [-0.25, -0.2) is 4.39 Å². The lowest BCUT2D eigenvalue weighted by Crippen LogP contribution is -2.10. The first-order valence-electron chi connectivity index (χ1n) is 3.36. The van der Waals surface area contributed by atoms with Crippen LogP contribution in [0.5, 0.6) is 0 Å². The van der Waals surface area contributed by atoms with Crippen molar-refractivity contribution in [1.29, 1.82) is 0 Å². The van der Waals surface area contributed by atoms with Gasteiger partial charge in [0.2, 0.25) is 0 Å². The number of rotatable bonds is 0. The van der Waals surface area contributed by atoms with Crippen molar-refractivity contribution in [2.45, 2.75) is 26.2 Å². The molecule has 0 saturated carbocycles. The predicted molar refractivity (Wildman–Crippen MR) is 42.4 cm³/mol. The molecule has 0 N–H and O–H groups in total. The van der Waals surface area contributed by atoms with Crippen molar-refractivity contribution >= 4 is 11.6 Å². The summed E-state index contributed by atoms with van der Waals surface area (Å²) in [4.78, 5) is 0. The van der Waals surface area contributed by atoms with Gasteiger partial charge in [0.1, 0.15) is 17.0 Å². The Kier molecular flexibility index (Phi) is 1.97. The van der Waals surface area contributed by atoms with E-state index in [1.807, 2.05) is 20.8 Å². The third kappa shape index (κ3) is 1.56. The van der Waals surface area contributed by atoms with Gasteiger partial charge in [0, 0.05) is 5.41 Å². The van der Waals surface area contributed by atoms with Crippen molar-refractivity contribution in [3.63, 3.8) is 0 Å². The van der Waals surface area contributed by atoms with Crippen LogP contribution in [0.15, 0.2) is 10.7 Å². The Morgan fingerprint density at radius 2 is 2.00 bits per heavy atom. The van der Waals surface area contributed by atoms with Gasteiger partial charge in [0.15, 0.2) is 5.82 Å². The summed E-state index contributed by atoms with van der Waals surface area (Å²) in [5.41, 5.74) is -0.235. The van der Waals surface area contributed by atoms with Crippen molar-refractivity contribution in [3.05, 3.63) is 22.9 Å². The van der Waals surface area contributed by atoms with Gasteiger partial charge in [0.05, 0.1) is 0 Å². The second kappa shape index (κ2) is 2.52. The van der Waals surface area contributed by atoms with E-state index in [0.29, 0.717) is 5.76 Å². The van der Waals surface area contributed by atoms with Gasteiger partial charge in [-0.3, -0.25) is 0 Å². The van der Waals surface area contributed by atoms with E-state index in [9.17, 15) is 4.39 Å². The van der Waals surface area contributed by atoms with Gasteiger partial charge in [-0.15, -0.1) is 0 Å². The first kappa shape index (κ1) is 8.60. The largest absolute Gasteiger partial charge is 0.464 e. The van der Waals surface area contributed by atoms with Crippen LogP contribution in [0.3, 0.4) is 0 Å². The van der Waals surface area contributed by atoms with E-state index in [1.54, 1.807) is 0 Å². The minimum atomic E-state index is -0.489. The summed E-state index contributed by atoms with van der Waals surface area (Å²) in [6.07, 6.45) is 1.03. The Hall–Kier alpha value is -0.500. The van der Waals surface area contributed by atoms with E-state index in [-0.39, 0.29) is 10.4 Å². The fourth-order valence-corrected chi connectivity index (χ4v) is 1.20. The molecule has 62 valence electrons. The molecule has 1 aromatic heterocycles. The van der Waals surface area contributed by atoms with Crippen LogP contribution in [0, 0.1) is 5.82 Å². The standard InChI is InChI=1S/C8H10ClFO/c1-8(2,3)7-6(9)5(10)4-11-7/h4H,1-3H3. The summed E-state index contributed by atoms with van der Waals surface area (Å²) in [6, 6.07) is 0. The van der Waals surface area contributed by atoms with Crippen LogP contribution in [0.4, 0.5) is 4.39 Å². The minimum absolute atomic E-state index is 0.0949. The second-order valence-corrected chi connectivity index (χ2v) is 3.85. The van der Waals surface area contributed by atoms with Crippen LogP contribution in [0.25, 0.3) is 0 Å². The zero-order chi connectivity index (χ0) is 8.65. The van der Waals surface area contributed by atoms with E-state index in [2.05, 4.69) is 0 Å². The lowest BCUT2D eigenvalue weighted by Gasteiger charge is -2.14. The molecule has 0 spiro atoms. The zero-order valence-electron chi connectivity index (χ0n) is 6.74. The summed E-state index contributed by atoms with van der Waals surface area (Å²) in [6.45, 7) is 5.74. The number of hydrogen-bond acceptors (Lipinski definition) is 1. The Morgan fingerprint density at radius 1 is 1.45 bits per heavy atom. The molecule has 0 amide bonds. The summed E-state index contributed by atoms with van der Waals surface area (Å²) in [5.74, 6) is 0.00765. The summed E-state index contributed by atoms with van der Waals surface area (Å²) < 4.78 is 17.6. The highest BCUT2D eigenvalue weighted by Gasteiger charge is 2.23. The van der Waals surface area contributed by atoms with Crippen LogP contribution in [0.1, 0.15) is 26.5 Å². The van der Waals surface area contributed by atoms with Crippen LogP contribution in [0.2, 0.25) is 5.02 Å². The lowest BCUT2D eigenvalue weighted by molar-refractivity contribution is 0.406. The van der Waals surface area contributed by atoms with Gasteiger partial charge < -0.3 is 4.42 Å². The average molecular weight is 177 g/mol. The molecule has 0 saturated heterocycles. The fourth-order valence-electron chi connectivity index (χ4n) is 0.829. The fraction of sp³-hybridized carbons (Fsp3) is 0.500. The van der Waals surface area contributed by atoms with E-state index < -0.39 is 5.82 Å². The molecule has 0 atom stereocenters. The highest BCUT2D eigenvalue weighted by atomic mass is 35.5. The maximum absolute atomic E-state index is 12.6. The maximum atomic E-state index is 12.6. The van der Waals surface area contributed by atoms with Crippen molar-refractivity contribution < 1.29 is 8.81 Å². The molecule has 1 nitrogen and oxygen atoms in total. The normalized spacial score (nSPS) is 12.1. The maximum Gasteiger partial charge on any atom is 0.180 e. The van der Waals surface area contributed by atoms with Gasteiger partial charge in [-0.1, -0.05) is 32.4 Å². The summed E-state index contributed by atoms with van der Waals surface area (Å²) >= 11 is 5.62. The molecular weight excluding hydrogens is 167 g/mol. The van der Waals surface area contributed by atoms with Crippen molar-refractivity contribution in [1.82, 2.24) is 0 Å². The molecule has 1 aromatic rings. The quantitative estimate of drug-likeness (QED) is 0.591. The Morgan fingerprint density at radius 3 is 2.18 bits per heavy atom. The molecule has 11 heavy (non-hydrogen) atoms. The molecule has 1 rings (SSSR count). The molecule has 0 radical (unpaired) electrons. The highest BCUT2D eigenvalue weighted by molar-refractivity contribution is 6.31. The van der Waals surface area contributed by atoms with E-state index in [1.165, 1.54) is 0 Å². The molecule has 0 aliphatic rings. The first-order valence-corrected chi connectivity index (χ1v) is 3.73. The van der Waals surface area contributed by atoms with Crippen LogP contribution in [-0.4, -0.2) is 0 Å².